The third kappa shape index (κ3) is 4.32. The van der Waals surface area contributed by atoms with Crippen molar-refractivity contribution in [2.75, 3.05) is 11.9 Å². The number of anilines is 2. The van der Waals surface area contributed by atoms with E-state index in [9.17, 15) is 4.79 Å². The lowest BCUT2D eigenvalue weighted by molar-refractivity contribution is 0.0969. The molecule has 2 aliphatic rings. The summed E-state index contributed by atoms with van der Waals surface area (Å²) in [4.78, 5) is 16.4. The second kappa shape index (κ2) is 8.26. The topological polar surface area (TPSA) is 101 Å². The van der Waals surface area contributed by atoms with E-state index in [1.807, 2.05) is 19.1 Å². The maximum atomic E-state index is 12.2. The Morgan fingerprint density at radius 2 is 2.18 bits per heavy atom. The lowest BCUT2D eigenvalue weighted by Gasteiger charge is -2.17. The Kier molecular flexibility index (Phi) is 5.57. The van der Waals surface area contributed by atoms with Crippen molar-refractivity contribution in [2.24, 2.45) is 0 Å². The number of nitrogens with zero attached hydrogens (tertiary/aromatic N) is 2. The van der Waals surface area contributed by atoms with Crippen molar-refractivity contribution in [3.8, 4) is 5.88 Å². The third-order valence-electron chi connectivity index (χ3n) is 5.19. The Labute approximate surface area is 168 Å². The molecule has 1 amide bonds. The Hall–Kier alpha value is -2.48. The molecule has 3 heterocycles. The molecular formula is C19H24ClN5O3. The molecule has 0 aromatic carbocycles. The van der Waals surface area contributed by atoms with Gasteiger partial charge >= 0.3 is 6.09 Å². The van der Waals surface area contributed by atoms with Crippen LogP contribution in [0.1, 0.15) is 50.6 Å². The van der Waals surface area contributed by atoms with E-state index < -0.39 is 0 Å². The second-order valence-electron chi connectivity index (χ2n) is 7.38. The van der Waals surface area contributed by atoms with Crippen molar-refractivity contribution < 1.29 is 14.3 Å². The summed E-state index contributed by atoms with van der Waals surface area (Å²) in [5.41, 5.74) is 1.68. The first-order valence-electron chi connectivity index (χ1n) is 9.65. The number of aromatic nitrogens is 3. The zero-order valence-electron chi connectivity index (χ0n) is 15.7. The number of H-pyrrole nitrogens is 1. The molecule has 1 aliphatic heterocycles. The fraction of sp³-hybridized carbons (Fsp3) is 0.526. The van der Waals surface area contributed by atoms with Gasteiger partial charge < -0.3 is 20.1 Å². The molecule has 3 N–H and O–H groups in total. The number of hydrogen-bond acceptors (Lipinski definition) is 6. The molecule has 28 heavy (non-hydrogen) atoms. The molecular weight excluding hydrogens is 382 g/mol. The van der Waals surface area contributed by atoms with Crippen molar-refractivity contribution >= 4 is 29.2 Å². The van der Waals surface area contributed by atoms with Crippen LogP contribution in [0.2, 0.25) is 5.02 Å². The highest BCUT2D eigenvalue weighted by Crippen LogP contribution is 2.40. The van der Waals surface area contributed by atoms with E-state index in [4.69, 9.17) is 21.1 Å². The fourth-order valence-corrected chi connectivity index (χ4v) is 4.02. The molecule has 1 saturated carbocycles. The predicted octanol–water partition coefficient (Wildman–Crippen LogP) is 4.13. The maximum absolute atomic E-state index is 12.2. The molecule has 1 fully saturated rings. The van der Waals surface area contributed by atoms with Gasteiger partial charge in [0.05, 0.1) is 12.3 Å². The molecule has 0 saturated heterocycles. The molecule has 0 spiro atoms. The summed E-state index contributed by atoms with van der Waals surface area (Å²) in [5, 5.41) is 14.0. The van der Waals surface area contributed by atoms with E-state index in [2.05, 4.69) is 25.8 Å². The number of fused-ring (bicyclic) bond motifs is 7. The summed E-state index contributed by atoms with van der Waals surface area (Å²) < 4.78 is 11.3. The molecule has 8 nitrogen and oxygen atoms in total. The van der Waals surface area contributed by atoms with Crippen LogP contribution in [0.25, 0.3) is 0 Å². The monoisotopic (exact) mass is 405 g/mol. The van der Waals surface area contributed by atoms with Crippen LogP contribution < -0.4 is 15.4 Å². The number of amides is 1. The summed E-state index contributed by atoms with van der Waals surface area (Å²) in [5.74, 6) is 1.27. The molecule has 2 aromatic rings. The van der Waals surface area contributed by atoms with Gasteiger partial charge in [-0.15, -0.1) is 0 Å². The molecule has 9 heteroatoms. The van der Waals surface area contributed by atoms with Crippen molar-refractivity contribution in [1.29, 1.82) is 0 Å². The van der Waals surface area contributed by atoms with Gasteiger partial charge in [0, 0.05) is 29.9 Å². The molecule has 3 atom stereocenters. The largest absolute Gasteiger partial charge is 0.478 e. The number of ether oxygens (including phenoxy) is 2. The van der Waals surface area contributed by atoms with Crippen molar-refractivity contribution in [1.82, 2.24) is 20.5 Å². The minimum absolute atomic E-state index is 0.0118. The van der Waals surface area contributed by atoms with Crippen molar-refractivity contribution in [3.05, 3.63) is 29.0 Å². The van der Waals surface area contributed by atoms with Gasteiger partial charge in [0.15, 0.2) is 5.82 Å². The summed E-state index contributed by atoms with van der Waals surface area (Å²) in [7, 11) is 0. The molecule has 0 radical (unpaired) electrons. The first-order chi connectivity index (χ1) is 13.6. The Balaban J connectivity index is 1.57. The van der Waals surface area contributed by atoms with E-state index in [-0.39, 0.29) is 24.2 Å². The Bertz CT molecular complexity index is 843. The highest BCUT2D eigenvalue weighted by Gasteiger charge is 2.32. The quantitative estimate of drug-likeness (QED) is 0.609. The number of alkyl carbamates (subject to hydrolysis) is 1. The van der Waals surface area contributed by atoms with Gasteiger partial charge in [-0.3, -0.25) is 5.10 Å². The average molecular weight is 406 g/mol. The summed E-state index contributed by atoms with van der Waals surface area (Å²) in [6.45, 7) is 2.47. The minimum atomic E-state index is -0.368. The number of hydrogen-bond donors (Lipinski definition) is 3. The number of carbonyl (C=O) groups excluding carboxylic acids is 1. The van der Waals surface area contributed by atoms with Crippen LogP contribution >= 0.6 is 11.6 Å². The second-order valence-corrected chi connectivity index (χ2v) is 7.76. The Morgan fingerprint density at radius 3 is 3.07 bits per heavy atom. The summed E-state index contributed by atoms with van der Waals surface area (Å²) in [6.07, 6.45) is 5.22. The van der Waals surface area contributed by atoms with Crippen LogP contribution in [0, 0.1) is 0 Å². The zero-order chi connectivity index (χ0) is 19.5. The van der Waals surface area contributed by atoms with Gasteiger partial charge in [0.2, 0.25) is 5.88 Å². The number of halogens is 1. The molecule has 6 bridgehead atoms. The van der Waals surface area contributed by atoms with Crippen LogP contribution in [0.3, 0.4) is 0 Å². The van der Waals surface area contributed by atoms with E-state index in [1.54, 1.807) is 6.20 Å². The number of nitrogens with one attached hydrogen (secondary N) is 3. The normalized spacial score (nSPS) is 25.5. The maximum Gasteiger partial charge on any atom is 0.407 e. The molecule has 0 unspecified atom stereocenters. The third-order valence-corrected chi connectivity index (χ3v) is 5.57. The van der Waals surface area contributed by atoms with Gasteiger partial charge in [-0.2, -0.15) is 5.10 Å². The van der Waals surface area contributed by atoms with Gasteiger partial charge in [0.25, 0.3) is 0 Å². The smallest absolute Gasteiger partial charge is 0.407 e. The van der Waals surface area contributed by atoms with E-state index in [0.29, 0.717) is 23.3 Å². The highest BCUT2D eigenvalue weighted by molar-refractivity contribution is 6.33. The fourth-order valence-electron chi connectivity index (χ4n) is 3.73. The first-order valence-corrected chi connectivity index (χ1v) is 10.0. The minimum Gasteiger partial charge on any atom is -0.478 e. The van der Waals surface area contributed by atoms with E-state index in [0.717, 1.165) is 43.5 Å². The van der Waals surface area contributed by atoms with Gasteiger partial charge in [0.1, 0.15) is 11.1 Å². The van der Waals surface area contributed by atoms with Crippen LogP contribution in [0.4, 0.5) is 16.3 Å². The van der Waals surface area contributed by atoms with Gasteiger partial charge in [-0.1, -0.05) is 11.6 Å². The van der Waals surface area contributed by atoms with Crippen molar-refractivity contribution in [2.45, 2.75) is 57.1 Å². The lowest BCUT2D eigenvalue weighted by Crippen LogP contribution is -2.35. The summed E-state index contributed by atoms with van der Waals surface area (Å²) >= 11 is 6.56. The van der Waals surface area contributed by atoms with Crippen molar-refractivity contribution in [3.63, 3.8) is 0 Å². The zero-order valence-corrected chi connectivity index (χ0v) is 16.5. The molecule has 1 aliphatic carbocycles. The average Bonchev–Trinajstić information content (AvgIpc) is 3.25. The SMILES string of the molecule is C[C@H]1CCCOc2cc(ccn2)Nc2n[nH]c(c2Cl)[C@H]2CC[C@H](C2)OC(=O)N1. The number of rotatable bonds is 0. The first kappa shape index (κ1) is 18.9. The summed E-state index contributed by atoms with van der Waals surface area (Å²) in [6, 6.07) is 3.67. The van der Waals surface area contributed by atoms with Gasteiger partial charge in [-0.25, -0.2) is 9.78 Å². The molecule has 2 aromatic heterocycles. The lowest BCUT2D eigenvalue weighted by atomic mass is 10.0. The number of pyridine rings is 1. The van der Waals surface area contributed by atoms with Crippen LogP contribution in [-0.4, -0.2) is 40.0 Å². The van der Waals surface area contributed by atoms with Crippen LogP contribution in [0.15, 0.2) is 18.3 Å². The standard InChI is InChI=1S/C19H24ClN5O3/c1-11-3-2-8-27-15-10-13(6-7-21-15)23-18-16(20)17(24-25-18)12-4-5-14(9-12)28-19(26)22-11/h6-7,10-12,14H,2-5,8-9H2,1H3,(H,22,26)(H2,23,24,25)/t11-,12-,14+/m0/s1. The van der Waals surface area contributed by atoms with E-state index in [1.165, 1.54) is 0 Å². The number of carbonyl (C=O) groups is 1. The van der Waals surface area contributed by atoms with Crippen LogP contribution in [0.5, 0.6) is 5.88 Å². The van der Waals surface area contributed by atoms with E-state index >= 15 is 0 Å². The molecule has 150 valence electrons. The Morgan fingerprint density at radius 1 is 1.29 bits per heavy atom. The number of aromatic amines is 1. The highest BCUT2D eigenvalue weighted by atomic mass is 35.5. The molecule has 4 rings (SSSR count). The predicted molar refractivity (Wildman–Crippen MR) is 105 cm³/mol. The van der Waals surface area contributed by atoms with Gasteiger partial charge in [-0.05, 0) is 45.1 Å². The van der Waals surface area contributed by atoms with Crippen LogP contribution in [-0.2, 0) is 4.74 Å².